The van der Waals surface area contributed by atoms with Crippen molar-refractivity contribution in [1.29, 1.82) is 0 Å². The molecule has 4 rings (SSSR count). The van der Waals surface area contributed by atoms with Crippen LogP contribution in [0.5, 0.6) is 11.5 Å². The molecule has 0 aliphatic carbocycles. The van der Waals surface area contributed by atoms with Gasteiger partial charge in [0.05, 0.1) is 12.3 Å². The molecule has 0 spiro atoms. The van der Waals surface area contributed by atoms with E-state index in [0.717, 1.165) is 12.0 Å². The number of rotatable bonds is 11. The van der Waals surface area contributed by atoms with E-state index < -0.39 is 12.5 Å². The summed E-state index contributed by atoms with van der Waals surface area (Å²) >= 11 is 0. The van der Waals surface area contributed by atoms with E-state index in [9.17, 15) is 18.3 Å². The van der Waals surface area contributed by atoms with E-state index in [2.05, 4.69) is 20.0 Å². The van der Waals surface area contributed by atoms with Crippen LogP contribution in [0.4, 0.5) is 13.2 Å². The fourth-order valence-corrected chi connectivity index (χ4v) is 3.32. The standard InChI is InChI=1S/C25H23F3N4O4/c26-25(27,28)36-22-8-3-18(4-9-22)5-12-24-30-20(17-35-24)16-34-21-10-6-19(7-11-21)23(33)2-1-14-32-15-13-29-31-32/h3-13,15,17,23,33H,1-2,14,16H2. The first kappa shape index (κ1) is 25.0. The second-order valence-electron chi connectivity index (χ2n) is 7.81. The number of hydrogen-bond acceptors (Lipinski definition) is 7. The first-order chi connectivity index (χ1) is 17.3. The van der Waals surface area contributed by atoms with E-state index in [1.807, 2.05) is 12.1 Å². The molecule has 0 saturated heterocycles. The number of oxazole rings is 1. The maximum atomic E-state index is 12.2. The summed E-state index contributed by atoms with van der Waals surface area (Å²) in [5.41, 5.74) is 2.02. The van der Waals surface area contributed by atoms with Gasteiger partial charge in [0, 0.05) is 18.8 Å². The number of nitrogens with zero attached hydrogens (tertiary/aromatic N) is 4. The molecule has 188 valence electrons. The minimum absolute atomic E-state index is 0.181. The summed E-state index contributed by atoms with van der Waals surface area (Å²) in [6.45, 7) is 0.872. The normalized spacial score (nSPS) is 12.7. The molecule has 2 heterocycles. The van der Waals surface area contributed by atoms with Crippen molar-refractivity contribution in [3.8, 4) is 11.5 Å². The summed E-state index contributed by atoms with van der Waals surface area (Å²) in [6.07, 6.45) is 4.18. The van der Waals surface area contributed by atoms with Crippen molar-refractivity contribution in [3.05, 3.63) is 89.9 Å². The molecule has 8 nitrogen and oxygen atoms in total. The van der Waals surface area contributed by atoms with Gasteiger partial charge in [-0.2, -0.15) is 0 Å². The molecule has 2 aromatic carbocycles. The number of ether oxygens (including phenoxy) is 2. The first-order valence-corrected chi connectivity index (χ1v) is 11.1. The number of aliphatic hydroxyl groups is 1. The van der Waals surface area contributed by atoms with E-state index in [1.54, 1.807) is 41.4 Å². The lowest BCUT2D eigenvalue weighted by molar-refractivity contribution is -0.274. The second-order valence-corrected chi connectivity index (χ2v) is 7.81. The summed E-state index contributed by atoms with van der Waals surface area (Å²) in [6, 6.07) is 12.6. The molecular weight excluding hydrogens is 477 g/mol. The minimum Gasteiger partial charge on any atom is -0.487 e. The number of aryl methyl sites for hydroxylation is 1. The van der Waals surface area contributed by atoms with Crippen molar-refractivity contribution in [2.45, 2.75) is 38.5 Å². The fraction of sp³-hybridized carbons (Fsp3) is 0.240. The van der Waals surface area contributed by atoms with Gasteiger partial charge in [-0.3, -0.25) is 4.68 Å². The highest BCUT2D eigenvalue weighted by Gasteiger charge is 2.30. The Labute approximate surface area is 204 Å². The average molecular weight is 500 g/mol. The van der Waals surface area contributed by atoms with Crippen molar-refractivity contribution >= 4 is 12.2 Å². The smallest absolute Gasteiger partial charge is 0.487 e. The topological polar surface area (TPSA) is 95.4 Å². The zero-order valence-corrected chi connectivity index (χ0v) is 19.0. The van der Waals surface area contributed by atoms with Crippen LogP contribution in [0.1, 0.15) is 41.7 Å². The number of halogens is 3. The molecule has 0 bridgehead atoms. The second kappa shape index (κ2) is 11.5. The minimum atomic E-state index is -4.73. The Morgan fingerprint density at radius 1 is 1.03 bits per heavy atom. The Balaban J connectivity index is 1.23. The van der Waals surface area contributed by atoms with E-state index >= 15 is 0 Å². The Kier molecular flexibility index (Phi) is 8.01. The first-order valence-electron chi connectivity index (χ1n) is 11.1. The molecule has 0 radical (unpaired) electrons. The van der Waals surface area contributed by atoms with Crippen LogP contribution < -0.4 is 9.47 Å². The third-order valence-corrected chi connectivity index (χ3v) is 5.09. The molecule has 11 heteroatoms. The van der Waals surface area contributed by atoms with Gasteiger partial charge in [-0.25, -0.2) is 4.98 Å². The molecule has 0 aliphatic heterocycles. The highest BCUT2D eigenvalue weighted by atomic mass is 19.4. The van der Waals surface area contributed by atoms with Crippen LogP contribution in [-0.4, -0.2) is 31.4 Å². The fourth-order valence-electron chi connectivity index (χ4n) is 3.32. The molecular formula is C25H23F3N4O4. The summed E-state index contributed by atoms with van der Waals surface area (Å²) in [7, 11) is 0. The average Bonchev–Trinajstić information content (AvgIpc) is 3.54. The van der Waals surface area contributed by atoms with Gasteiger partial charge in [0.15, 0.2) is 0 Å². The van der Waals surface area contributed by atoms with Crippen molar-refractivity contribution in [2.24, 2.45) is 0 Å². The predicted octanol–water partition coefficient (Wildman–Crippen LogP) is 5.43. The van der Waals surface area contributed by atoms with Gasteiger partial charge in [-0.05, 0) is 54.3 Å². The number of hydrogen-bond donors (Lipinski definition) is 1. The van der Waals surface area contributed by atoms with Crippen LogP contribution in [0.25, 0.3) is 12.2 Å². The van der Waals surface area contributed by atoms with Crippen molar-refractivity contribution < 1.29 is 32.2 Å². The monoisotopic (exact) mass is 500 g/mol. The van der Waals surface area contributed by atoms with Crippen molar-refractivity contribution in [2.75, 3.05) is 0 Å². The van der Waals surface area contributed by atoms with Crippen molar-refractivity contribution in [3.63, 3.8) is 0 Å². The molecule has 0 amide bonds. The number of benzene rings is 2. The quantitative estimate of drug-likeness (QED) is 0.293. The maximum absolute atomic E-state index is 12.2. The highest BCUT2D eigenvalue weighted by Crippen LogP contribution is 2.24. The molecule has 4 aromatic rings. The van der Waals surface area contributed by atoms with E-state index in [0.29, 0.717) is 35.9 Å². The summed E-state index contributed by atoms with van der Waals surface area (Å²) in [5, 5.41) is 18.0. The van der Waals surface area contributed by atoms with Gasteiger partial charge in [0.2, 0.25) is 5.89 Å². The Hall–Kier alpha value is -4.12. The SMILES string of the molecule is OC(CCCn1ccnn1)c1ccc(OCc2coc(C=Cc3ccc(OC(F)(F)F)cc3)n2)cc1. The van der Waals surface area contributed by atoms with E-state index in [-0.39, 0.29) is 12.4 Å². The molecule has 1 N–H and O–H groups in total. The molecule has 0 saturated carbocycles. The van der Waals surface area contributed by atoms with Gasteiger partial charge < -0.3 is 19.0 Å². The molecule has 1 atom stereocenters. The third kappa shape index (κ3) is 7.70. The molecule has 0 aliphatic rings. The molecule has 1 unspecified atom stereocenters. The lowest BCUT2D eigenvalue weighted by Crippen LogP contribution is -2.16. The summed E-state index contributed by atoms with van der Waals surface area (Å²) < 4.78 is 53.4. The van der Waals surface area contributed by atoms with Crippen molar-refractivity contribution in [1.82, 2.24) is 20.0 Å². The number of aromatic nitrogens is 4. The highest BCUT2D eigenvalue weighted by molar-refractivity contribution is 5.66. The Morgan fingerprint density at radius 3 is 2.47 bits per heavy atom. The maximum Gasteiger partial charge on any atom is 0.573 e. The lowest BCUT2D eigenvalue weighted by atomic mass is 10.0. The lowest BCUT2D eigenvalue weighted by Gasteiger charge is -2.12. The predicted molar refractivity (Wildman–Crippen MR) is 124 cm³/mol. The number of alkyl halides is 3. The van der Waals surface area contributed by atoms with E-state index in [4.69, 9.17) is 9.15 Å². The zero-order valence-electron chi connectivity index (χ0n) is 19.0. The van der Waals surface area contributed by atoms with Crippen LogP contribution in [0.2, 0.25) is 0 Å². The molecule has 2 aromatic heterocycles. The third-order valence-electron chi connectivity index (χ3n) is 5.09. The molecule has 36 heavy (non-hydrogen) atoms. The van der Waals surface area contributed by atoms with Gasteiger partial charge in [-0.1, -0.05) is 29.5 Å². The molecule has 0 fully saturated rings. The van der Waals surface area contributed by atoms with Gasteiger partial charge in [-0.15, -0.1) is 18.3 Å². The Morgan fingerprint density at radius 2 is 1.78 bits per heavy atom. The van der Waals surface area contributed by atoms with Crippen LogP contribution in [-0.2, 0) is 13.2 Å². The van der Waals surface area contributed by atoms with Crippen LogP contribution in [0.15, 0.2) is 71.6 Å². The van der Waals surface area contributed by atoms with Gasteiger partial charge >= 0.3 is 6.36 Å². The van der Waals surface area contributed by atoms with Crippen LogP contribution in [0, 0.1) is 0 Å². The number of aliphatic hydroxyl groups excluding tert-OH is 1. The van der Waals surface area contributed by atoms with Crippen LogP contribution in [0.3, 0.4) is 0 Å². The van der Waals surface area contributed by atoms with E-state index in [1.165, 1.54) is 30.5 Å². The Bertz CT molecular complexity index is 1240. The van der Waals surface area contributed by atoms with Gasteiger partial charge in [0.1, 0.15) is 30.1 Å². The largest absolute Gasteiger partial charge is 0.573 e. The summed E-state index contributed by atoms with van der Waals surface area (Å²) in [5.74, 6) is 0.657. The van der Waals surface area contributed by atoms with Gasteiger partial charge in [0.25, 0.3) is 0 Å². The van der Waals surface area contributed by atoms with Crippen LogP contribution >= 0.6 is 0 Å². The zero-order chi connectivity index (χ0) is 25.4. The summed E-state index contributed by atoms with van der Waals surface area (Å²) in [4.78, 5) is 4.30.